The summed E-state index contributed by atoms with van der Waals surface area (Å²) >= 11 is 1.66. The zero-order valence-electron chi connectivity index (χ0n) is 12.5. The number of piperidine rings is 1. The first-order chi connectivity index (χ1) is 10.2. The number of thiazole rings is 1. The smallest absolute Gasteiger partial charge is 0.145 e. The number of para-hydroxylation sites is 1. The second kappa shape index (κ2) is 6.24. The van der Waals surface area contributed by atoms with E-state index in [4.69, 9.17) is 0 Å². The highest BCUT2D eigenvalue weighted by atomic mass is 32.1. The fraction of sp³-hybridized carbons (Fsp3) is 0.529. The first-order valence-corrected chi connectivity index (χ1v) is 8.64. The molecule has 3 nitrogen and oxygen atoms in total. The molecule has 1 aromatic heterocycles. The molecule has 1 N–H and O–H groups in total. The number of rotatable bonds is 5. The first-order valence-electron chi connectivity index (χ1n) is 7.82. The van der Waals surface area contributed by atoms with Crippen molar-refractivity contribution in [1.29, 1.82) is 0 Å². The second-order valence-electron chi connectivity index (χ2n) is 5.96. The van der Waals surface area contributed by atoms with Crippen LogP contribution < -0.4 is 5.32 Å². The first kappa shape index (κ1) is 14.7. The van der Waals surface area contributed by atoms with Gasteiger partial charge in [0.2, 0.25) is 0 Å². The quantitative estimate of drug-likeness (QED) is 0.918. The lowest BCUT2D eigenvalue weighted by Gasteiger charge is -2.36. The molecule has 21 heavy (non-hydrogen) atoms. The van der Waals surface area contributed by atoms with Crippen LogP contribution in [0.15, 0.2) is 24.3 Å². The highest BCUT2D eigenvalue weighted by molar-refractivity contribution is 7.18. The summed E-state index contributed by atoms with van der Waals surface area (Å²) < 4.78 is 1.18. The minimum atomic E-state index is -0.113. The van der Waals surface area contributed by atoms with E-state index in [0.717, 1.165) is 49.3 Å². The number of benzene rings is 1. The predicted octanol–water partition coefficient (Wildman–Crippen LogP) is 3.58. The van der Waals surface area contributed by atoms with Crippen LogP contribution in [0.3, 0.4) is 0 Å². The molecule has 1 aliphatic heterocycles. The Morgan fingerprint density at radius 2 is 2.10 bits per heavy atom. The zero-order valence-corrected chi connectivity index (χ0v) is 13.3. The topological polar surface area (TPSA) is 42.0 Å². The number of hydrogen-bond donors (Lipinski definition) is 1. The van der Waals surface area contributed by atoms with Crippen LogP contribution in [0.25, 0.3) is 10.2 Å². The van der Waals surface area contributed by atoms with E-state index in [-0.39, 0.29) is 5.41 Å². The molecule has 1 aromatic carbocycles. The van der Waals surface area contributed by atoms with Crippen LogP contribution in [0.5, 0.6) is 0 Å². The molecular weight excluding hydrogens is 280 g/mol. The number of hydrogen-bond acceptors (Lipinski definition) is 4. The summed E-state index contributed by atoms with van der Waals surface area (Å²) in [4.78, 5) is 17.5. The van der Waals surface area contributed by atoms with Crippen LogP contribution in [-0.2, 0) is 11.2 Å². The van der Waals surface area contributed by atoms with Gasteiger partial charge in [-0.3, -0.25) is 4.79 Å². The number of Topliss-reactive ketones (excluding diaryl/α,β-unsaturated/α-hetero) is 1. The number of carbonyl (C=O) groups is 1. The van der Waals surface area contributed by atoms with E-state index in [1.807, 2.05) is 18.2 Å². The van der Waals surface area contributed by atoms with Crippen LogP contribution in [0.1, 0.15) is 37.6 Å². The lowest BCUT2D eigenvalue weighted by molar-refractivity contribution is -0.130. The van der Waals surface area contributed by atoms with Gasteiger partial charge in [-0.15, -0.1) is 11.3 Å². The molecule has 112 valence electrons. The number of fused-ring (bicyclic) bond motifs is 1. The molecule has 0 bridgehead atoms. The molecule has 0 unspecified atom stereocenters. The van der Waals surface area contributed by atoms with Gasteiger partial charge in [0, 0.05) is 5.41 Å². The Morgan fingerprint density at radius 3 is 2.81 bits per heavy atom. The van der Waals surface area contributed by atoms with Crippen LogP contribution in [-0.4, -0.2) is 23.9 Å². The minimum Gasteiger partial charge on any atom is -0.317 e. The van der Waals surface area contributed by atoms with Crippen molar-refractivity contribution in [3.63, 3.8) is 0 Å². The third kappa shape index (κ3) is 3.01. The van der Waals surface area contributed by atoms with Crippen LogP contribution in [0.2, 0.25) is 0 Å². The minimum absolute atomic E-state index is 0.113. The van der Waals surface area contributed by atoms with E-state index in [1.165, 1.54) is 4.70 Å². The summed E-state index contributed by atoms with van der Waals surface area (Å²) in [5, 5.41) is 4.34. The van der Waals surface area contributed by atoms with Crippen molar-refractivity contribution in [3.8, 4) is 0 Å². The summed E-state index contributed by atoms with van der Waals surface area (Å²) in [6, 6.07) is 8.12. The van der Waals surface area contributed by atoms with E-state index < -0.39 is 0 Å². The van der Waals surface area contributed by atoms with E-state index in [1.54, 1.807) is 11.3 Å². The Balaban J connectivity index is 1.80. The normalized spacial score (nSPS) is 18.0. The third-order valence-corrected chi connectivity index (χ3v) is 5.57. The highest BCUT2D eigenvalue weighted by Crippen LogP contribution is 2.36. The van der Waals surface area contributed by atoms with E-state index in [0.29, 0.717) is 12.2 Å². The van der Waals surface area contributed by atoms with Crippen molar-refractivity contribution in [1.82, 2.24) is 10.3 Å². The molecule has 0 saturated carbocycles. The van der Waals surface area contributed by atoms with Gasteiger partial charge in [0.25, 0.3) is 0 Å². The number of aromatic nitrogens is 1. The molecule has 1 saturated heterocycles. The van der Waals surface area contributed by atoms with E-state index >= 15 is 0 Å². The van der Waals surface area contributed by atoms with Crippen molar-refractivity contribution in [2.24, 2.45) is 5.41 Å². The number of ketones is 1. The predicted molar refractivity (Wildman–Crippen MR) is 87.8 cm³/mol. The van der Waals surface area contributed by atoms with E-state index in [2.05, 4.69) is 23.3 Å². The fourth-order valence-corrected chi connectivity index (χ4v) is 4.34. The fourth-order valence-electron chi connectivity index (χ4n) is 3.37. The molecule has 2 aromatic rings. The Kier molecular flexibility index (Phi) is 4.36. The van der Waals surface area contributed by atoms with Gasteiger partial charge >= 0.3 is 0 Å². The maximum absolute atomic E-state index is 12.9. The molecule has 1 aliphatic rings. The Morgan fingerprint density at radius 1 is 1.33 bits per heavy atom. The summed E-state index contributed by atoms with van der Waals surface area (Å²) in [6.07, 6.45) is 4.54. The van der Waals surface area contributed by atoms with Gasteiger partial charge < -0.3 is 5.32 Å². The molecule has 0 aliphatic carbocycles. The summed E-state index contributed by atoms with van der Waals surface area (Å²) in [6.45, 7) is 4.10. The van der Waals surface area contributed by atoms with Crippen LogP contribution in [0.4, 0.5) is 0 Å². The summed E-state index contributed by atoms with van der Waals surface area (Å²) in [5.74, 6) is 0.393. The van der Waals surface area contributed by atoms with Gasteiger partial charge in [-0.1, -0.05) is 25.5 Å². The maximum atomic E-state index is 12.9. The molecule has 0 atom stereocenters. The maximum Gasteiger partial charge on any atom is 0.145 e. The number of nitrogens with one attached hydrogen (secondary N) is 1. The van der Waals surface area contributed by atoms with Gasteiger partial charge in [0.15, 0.2) is 0 Å². The molecule has 0 radical (unpaired) electrons. The van der Waals surface area contributed by atoms with Gasteiger partial charge in [0.05, 0.1) is 16.6 Å². The largest absolute Gasteiger partial charge is 0.317 e. The van der Waals surface area contributed by atoms with Gasteiger partial charge in [0.1, 0.15) is 10.8 Å². The average Bonchev–Trinajstić information content (AvgIpc) is 2.90. The van der Waals surface area contributed by atoms with Crippen molar-refractivity contribution in [2.45, 2.75) is 39.0 Å². The van der Waals surface area contributed by atoms with Gasteiger partial charge in [-0.2, -0.15) is 0 Å². The van der Waals surface area contributed by atoms with Crippen LogP contribution in [0, 0.1) is 5.41 Å². The molecule has 1 fully saturated rings. The van der Waals surface area contributed by atoms with Crippen molar-refractivity contribution in [2.75, 3.05) is 13.1 Å². The Hall–Kier alpha value is -1.26. The Bertz CT molecular complexity index is 590. The van der Waals surface area contributed by atoms with Crippen molar-refractivity contribution in [3.05, 3.63) is 29.3 Å². The summed E-state index contributed by atoms with van der Waals surface area (Å²) in [5.41, 5.74) is 0.901. The molecule has 4 heteroatoms. The van der Waals surface area contributed by atoms with Gasteiger partial charge in [-0.25, -0.2) is 4.98 Å². The number of carbonyl (C=O) groups excluding carboxylic acids is 1. The van der Waals surface area contributed by atoms with E-state index in [9.17, 15) is 4.79 Å². The number of nitrogens with zero attached hydrogens (tertiary/aromatic N) is 1. The average molecular weight is 302 g/mol. The summed E-state index contributed by atoms with van der Waals surface area (Å²) in [7, 11) is 0. The Labute approximate surface area is 129 Å². The lowest BCUT2D eigenvalue weighted by atomic mass is 9.71. The lowest BCUT2D eigenvalue weighted by Crippen LogP contribution is -2.42. The molecule has 0 spiro atoms. The monoisotopic (exact) mass is 302 g/mol. The van der Waals surface area contributed by atoms with Crippen molar-refractivity contribution < 1.29 is 4.79 Å². The van der Waals surface area contributed by atoms with Crippen molar-refractivity contribution >= 4 is 27.3 Å². The molecule has 3 rings (SSSR count). The zero-order chi connectivity index (χ0) is 14.7. The standard InChI is InChI=1S/C17H22N2OS/c1-2-7-17(8-10-18-11-9-17)15(20)12-16-19-13-5-3-4-6-14(13)21-16/h3-6,18H,2,7-12H2,1H3. The second-order valence-corrected chi connectivity index (χ2v) is 7.07. The molecular formula is C17H22N2OS. The SMILES string of the molecule is CCCC1(C(=O)Cc2nc3ccccc3s2)CCNCC1. The molecule has 2 heterocycles. The van der Waals surface area contributed by atoms with Crippen LogP contribution >= 0.6 is 11.3 Å². The third-order valence-electron chi connectivity index (χ3n) is 4.53. The molecule has 0 amide bonds. The highest BCUT2D eigenvalue weighted by Gasteiger charge is 2.38. The van der Waals surface area contributed by atoms with Gasteiger partial charge in [-0.05, 0) is 44.5 Å².